The number of aliphatic hydroxyl groups excluding tert-OH is 1. The van der Waals surface area contributed by atoms with Gasteiger partial charge in [0.2, 0.25) is 0 Å². The molecule has 0 radical (unpaired) electrons. The van der Waals surface area contributed by atoms with Crippen LogP contribution < -0.4 is 0 Å². The minimum Gasteiger partial charge on any atom is -0.462 e. The number of nitrogens with zero attached hydrogens (tertiary/aromatic N) is 1. The molecule has 0 aliphatic heterocycles. The molecule has 0 fully saturated rings. The van der Waals surface area contributed by atoms with Crippen molar-refractivity contribution in [2.24, 2.45) is 0 Å². The summed E-state index contributed by atoms with van der Waals surface area (Å²) in [5.41, 5.74) is 0. The van der Waals surface area contributed by atoms with E-state index in [4.69, 9.17) is 9.47 Å². The Morgan fingerprint density at radius 3 is 1.12 bits per heavy atom. The number of hydrogen-bond acceptors (Lipinski definition) is 6. The summed E-state index contributed by atoms with van der Waals surface area (Å²) >= 11 is 0. The summed E-state index contributed by atoms with van der Waals surface area (Å²) in [6.07, 6.45) is 37.7. The molecular formula is C45H89NO5. The van der Waals surface area contributed by atoms with E-state index >= 15 is 0 Å². The lowest BCUT2D eigenvalue weighted by atomic mass is 10.0. The zero-order valence-electron chi connectivity index (χ0n) is 34.8. The van der Waals surface area contributed by atoms with Crippen molar-refractivity contribution in [3.63, 3.8) is 0 Å². The van der Waals surface area contributed by atoms with Crippen molar-refractivity contribution in [3.05, 3.63) is 0 Å². The molecule has 0 bridgehead atoms. The van der Waals surface area contributed by atoms with Crippen molar-refractivity contribution >= 4 is 11.9 Å². The Morgan fingerprint density at radius 2 is 0.745 bits per heavy atom. The molecule has 0 saturated carbocycles. The van der Waals surface area contributed by atoms with Crippen LogP contribution in [0.5, 0.6) is 0 Å². The van der Waals surface area contributed by atoms with E-state index in [1.807, 2.05) is 0 Å². The van der Waals surface area contributed by atoms with Gasteiger partial charge in [0.1, 0.15) is 12.2 Å². The molecule has 304 valence electrons. The smallest absolute Gasteiger partial charge is 0.306 e. The maximum atomic E-state index is 12.7. The minimum atomic E-state index is -0.00741. The SMILES string of the molecule is CCCCCCCCC(CCCCCCC)OC(=O)CCCCCCCN(CCO)CCCCCCCC(=O)OC(CCC)CCCCCCC. The van der Waals surface area contributed by atoms with E-state index in [0.29, 0.717) is 12.8 Å². The van der Waals surface area contributed by atoms with Gasteiger partial charge in [0.05, 0.1) is 6.61 Å². The van der Waals surface area contributed by atoms with E-state index < -0.39 is 0 Å². The molecule has 6 nitrogen and oxygen atoms in total. The quantitative estimate of drug-likeness (QED) is 0.0500. The second-order valence-electron chi connectivity index (χ2n) is 15.6. The van der Waals surface area contributed by atoms with Crippen LogP contribution in [-0.2, 0) is 19.1 Å². The number of ether oxygens (including phenoxy) is 2. The Kier molecular flexibility index (Phi) is 39.2. The van der Waals surface area contributed by atoms with Gasteiger partial charge in [-0.05, 0) is 83.7 Å². The van der Waals surface area contributed by atoms with E-state index in [1.165, 1.54) is 116 Å². The first kappa shape index (κ1) is 49.9. The first-order valence-electron chi connectivity index (χ1n) is 22.7. The predicted molar refractivity (Wildman–Crippen MR) is 218 cm³/mol. The van der Waals surface area contributed by atoms with Crippen molar-refractivity contribution in [2.45, 2.75) is 252 Å². The van der Waals surface area contributed by atoms with Crippen molar-refractivity contribution < 1.29 is 24.2 Å². The fraction of sp³-hybridized carbons (Fsp3) is 0.956. The fourth-order valence-electron chi connectivity index (χ4n) is 7.19. The van der Waals surface area contributed by atoms with Crippen LogP contribution in [0, 0.1) is 0 Å². The molecule has 0 rings (SSSR count). The van der Waals surface area contributed by atoms with Crippen molar-refractivity contribution in [1.82, 2.24) is 4.90 Å². The first-order valence-corrected chi connectivity index (χ1v) is 22.7. The number of unbranched alkanes of at least 4 members (excludes halogenated alkanes) is 21. The molecular weight excluding hydrogens is 634 g/mol. The molecule has 0 aliphatic carbocycles. The molecule has 0 aromatic heterocycles. The highest BCUT2D eigenvalue weighted by Crippen LogP contribution is 2.19. The number of carbonyl (C=O) groups is 2. The standard InChI is InChI=1S/C45H89NO5/c1-5-9-12-15-20-27-35-43(34-26-19-14-11-7-3)51-45(49)37-29-22-17-24-31-39-46(40-41-47)38-30-23-16-21-28-36-44(48)50-42(32-8-4)33-25-18-13-10-6-2/h42-43,47H,5-41H2,1-4H3. The van der Waals surface area contributed by atoms with E-state index in [-0.39, 0.29) is 30.8 Å². The van der Waals surface area contributed by atoms with Gasteiger partial charge >= 0.3 is 11.9 Å². The lowest BCUT2D eigenvalue weighted by Crippen LogP contribution is -2.29. The number of rotatable bonds is 41. The Hall–Kier alpha value is -1.14. The highest BCUT2D eigenvalue weighted by atomic mass is 16.5. The number of carbonyl (C=O) groups excluding carboxylic acids is 2. The lowest BCUT2D eigenvalue weighted by Gasteiger charge is -2.21. The Morgan fingerprint density at radius 1 is 0.412 bits per heavy atom. The summed E-state index contributed by atoms with van der Waals surface area (Å²) in [7, 11) is 0. The zero-order valence-corrected chi connectivity index (χ0v) is 34.8. The van der Waals surface area contributed by atoms with E-state index in [1.54, 1.807) is 0 Å². The Balaban J connectivity index is 4.06. The van der Waals surface area contributed by atoms with Crippen LogP contribution in [0.1, 0.15) is 240 Å². The van der Waals surface area contributed by atoms with E-state index in [2.05, 4.69) is 32.6 Å². The van der Waals surface area contributed by atoms with Crippen molar-refractivity contribution in [2.75, 3.05) is 26.2 Å². The number of esters is 2. The summed E-state index contributed by atoms with van der Waals surface area (Å²) in [4.78, 5) is 27.5. The molecule has 0 heterocycles. The van der Waals surface area contributed by atoms with E-state index in [0.717, 1.165) is 103 Å². The van der Waals surface area contributed by atoms with Gasteiger partial charge in [-0.15, -0.1) is 0 Å². The predicted octanol–water partition coefficient (Wildman–Crippen LogP) is 13.1. The minimum absolute atomic E-state index is 0.00741. The molecule has 0 amide bonds. The van der Waals surface area contributed by atoms with Crippen LogP contribution in [0.15, 0.2) is 0 Å². The van der Waals surface area contributed by atoms with Crippen LogP contribution in [0.25, 0.3) is 0 Å². The van der Waals surface area contributed by atoms with Gasteiger partial charge in [0.15, 0.2) is 0 Å². The van der Waals surface area contributed by atoms with Gasteiger partial charge in [0, 0.05) is 19.4 Å². The summed E-state index contributed by atoms with van der Waals surface area (Å²) in [5, 5.41) is 9.57. The fourth-order valence-corrected chi connectivity index (χ4v) is 7.19. The second-order valence-corrected chi connectivity index (χ2v) is 15.6. The molecule has 2 atom stereocenters. The third kappa shape index (κ3) is 35.6. The first-order chi connectivity index (χ1) is 25.0. The number of hydrogen-bond donors (Lipinski definition) is 1. The molecule has 1 N–H and O–H groups in total. The van der Waals surface area contributed by atoms with Gasteiger partial charge in [-0.3, -0.25) is 9.59 Å². The van der Waals surface area contributed by atoms with Crippen LogP contribution in [0.3, 0.4) is 0 Å². The van der Waals surface area contributed by atoms with Gasteiger partial charge in [-0.1, -0.05) is 156 Å². The summed E-state index contributed by atoms with van der Waals surface area (Å²) in [5.74, 6) is 0.00436. The highest BCUT2D eigenvalue weighted by molar-refractivity contribution is 5.69. The third-order valence-electron chi connectivity index (χ3n) is 10.5. The molecule has 0 aromatic rings. The van der Waals surface area contributed by atoms with E-state index in [9.17, 15) is 14.7 Å². The normalized spacial score (nSPS) is 12.7. The lowest BCUT2D eigenvalue weighted by molar-refractivity contribution is -0.151. The largest absolute Gasteiger partial charge is 0.462 e. The summed E-state index contributed by atoms with van der Waals surface area (Å²) < 4.78 is 11.8. The van der Waals surface area contributed by atoms with Gasteiger partial charge < -0.3 is 19.5 Å². The number of aliphatic hydroxyl groups is 1. The summed E-state index contributed by atoms with van der Waals surface area (Å²) in [6, 6.07) is 0. The molecule has 51 heavy (non-hydrogen) atoms. The van der Waals surface area contributed by atoms with Crippen LogP contribution >= 0.6 is 0 Å². The Bertz CT molecular complexity index is 731. The molecule has 6 heteroatoms. The van der Waals surface area contributed by atoms with Gasteiger partial charge in [0.25, 0.3) is 0 Å². The average Bonchev–Trinajstić information content (AvgIpc) is 3.11. The molecule has 2 unspecified atom stereocenters. The average molecular weight is 724 g/mol. The van der Waals surface area contributed by atoms with Crippen LogP contribution in [0.4, 0.5) is 0 Å². The molecule has 0 aromatic carbocycles. The second kappa shape index (κ2) is 40.1. The molecule has 0 saturated heterocycles. The van der Waals surface area contributed by atoms with Gasteiger partial charge in [-0.25, -0.2) is 0 Å². The Labute approximate surface area is 318 Å². The maximum Gasteiger partial charge on any atom is 0.306 e. The van der Waals surface area contributed by atoms with Crippen LogP contribution in [0.2, 0.25) is 0 Å². The topological polar surface area (TPSA) is 76.1 Å². The van der Waals surface area contributed by atoms with Crippen LogP contribution in [-0.4, -0.2) is 60.4 Å². The summed E-state index contributed by atoms with van der Waals surface area (Å²) in [6.45, 7) is 11.9. The van der Waals surface area contributed by atoms with Crippen molar-refractivity contribution in [1.29, 1.82) is 0 Å². The molecule has 0 aliphatic rings. The zero-order chi connectivity index (χ0) is 37.5. The van der Waals surface area contributed by atoms with Crippen molar-refractivity contribution in [3.8, 4) is 0 Å². The highest BCUT2D eigenvalue weighted by Gasteiger charge is 2.15. The maximum absolute atomic E-state index is 12.7. The monoisotopic (exact) mass is 724 g/mol. The molecule has 0 spiro atoms. The third-order valence-corrected chi connectivity index (χ3v) is 10.5. The van der Waals surface area contributed by atoms with Gasteiger partial charge in [-0.2, -0.15) is 0 Å².